The molecule has 0 heterocycles. The highest BCUT2D eigenvalue weighted by Gasteiger charge is 2.21. The zero-order chi connectivity index (χ0) is 11.5. The maximum absolute atomic E-state index is 10.5. The SMILES string of the molecule is N#Cc1cc([N+](=O)[O-])ccc1OC1CCC1. The first kappa shape index (κ1) is 10.4. The fourth-order valence-electron chi connectivity index (χ4n) is 1.49. The standard InChI is InChI=1S/C11H10N2O3/c12-7-8-6-9(13(14)15)4-5-11(8)16-10-2-1-3-10/h4-6,10H,1-3H2. The molecule has 0 spiro atoms. The van der Waals surface area contributed by atoms with E-state index in [4.69, 9.17) is 10.00 Å². The third-order valence-electron chi connectivity index (χ3n) is 2.64. The number of non-ortho nitro benzene ring substituents is 1. The molecule has 0 saturated heterocycles. The molecule has 0 aliphatic heterocycles. The van der Waals surface area contributed by atoms with E-state index in [1.807, 2.05) is 6.07 Å². The molecule has 0 radical (unpaired) electrons. The minimum absolute atomic E-state index is 0.0856. The Bertz CT molecular complexity index is 461. The Balaban J connectivity index is 2.24. The predicted molar refractivity (Wildman–Crippen MR) is 56.1 cm³/mol. The monoisotopic (exact) mass is 218 g/mol. The van der Waals surface area contributed by atoms with Crippen molar-refractivity contribution in [3.05, 3.63) is 33.9 Å². The normalized spacial score (nSPS) is 14.9. The second kappa shape index (κ2) is 4.19. The number of nitriles is 1. The summed E-state index contributed by atoms with van der Waals surface area (Å²) in [6.45, 7) is 0. The van der Waals surface area contributed by atoms with Crippen LogP contribution in [0.5, 0.6) is 5.75 Å². The van der Waals surface area contributed by atoms with Crippen molar-refractivity contribution < 1.29 is 9.66 Å². The van der Waals surface area contributed by atoms with Crippen molar-refractivity contribution in [1.29, 1.82) is 5.26 Å². The van der Waals surface area contributed by atoms with Crippen molar-refractivity contribution in [1.82, 2.24) is 0 Å². The lowest BCUT2D eigenvalue weighted by Crippen LogP contribution is -2.24. The third-order valence-corrected chi connectivity index (χ3v) is 2.64. The number of hydrogen-bond acceptors (Lipinski definition) is 4. The largest absolute Gasteiger partial charge is 0.489 e. The van der Waals surface area contributed by atoms with Gasteiger partial charge in [0.05, 0.1) is 11.0 Å². The summed E-state index contributed by atoms with van der Waals surface area (Å²) >= 11 is 0. The highest BCUT2D eigenvalue weighted by Crippen LogP contribution is 2.29. The van der Waals surface area contributed by atoms with Crippen LogP contribution >= 0.6 is 0 Å². The van der Waals surface area contributed by atoms with Crippen molar-refractivity contribution >= 4 is 5.69 Å². The Morgan fingerprint density at radius 3 is 2.75 bits per heavy atom. The van der Waals surface area contributed by atoms with E-state index in [1.165, 1.54) is 18.2 Å². The zero-order valence-corrected chi connectivity index (χ0v) is 8.55. The third kappa shape index (κ3) is 1.96. The molecule has 82 valence electrons. The van der Waals surface area contributed by atoms with Crippen LogP contribution in [-0.2, 0) is 0 Å². The maximum Gasteiger partial charge on any atom is 0.271 e. The smallest absolute Gasteiger partial charge is 0.271 e. The quantitative estimate of drug-likeness (QED) is 0.576. The lowest BCUT2D eigenvalue weighted by molar-refractivity contribution is -0.384. The van der Waals surface area contributed by atoms with Gasteiger partial charge in [0.25, 0.3) is 5.69 Å². The Hall–Kier alpha value is -2.09. The van der Waals surface area contributed by atoms with Gasteiger partial charge in [-0.25, -0.2) is 0 Å². The summed E-state index contributed by atoms with van der Waals surface area (Å²) in [6, 6.07) is 6.01. The van der Waals surface area contributed by atoms with Crippen LogP contribution in [0.15, 0.2) is 18.2 Å². The summed E-state index contributed by atoms with van der Waals surface area (Å²) in [5.74, 6) is 0.442. The van der Waals surface area contributed by atoms with Crippen LogP contribution < -0.4 is 4.74 Å². The zero-order valence-electron chi connectivity index (χ0n) is 8.55. The number of benzene rings is 1. The average Bonchev–Trinajstić information content (AvgIpc) is 2.23. The van der Waals surface area contributed by atoms with E-state index < -0.39 is 4.92 Å². The van der Waals surface area contributed by atoms with Gasteiger partial charge < -0.3 is 4.74 Å². The van der Waals surface area contributed by atoms with E-state index in [2.05, 4.69) is 0 Å². The van der Waals surface area contributed by atoms with E-state index in [9.17, 15) is 10.1 Å². The second-order valence-electron chi connectivity index (χ2n) is 3.72. The molecule has 0 aromatic heterocycles. The number of ether oxygens (including phenoxy) is 1. The molecule has 1 saturated carbocycles. The van der Waals surface area contributed by atoms with Crippen molar-refractivity contribution in [2.24, 2.45) is 0 Å². The summed E-state index contributed by atoms with van der Waals surface area (Å²) in [5.41, 5.74) is 0.138. The highest BCUT2D eigenvalue weighted by molar-refractivity contribution is 5.50. The maximum atomic E-state index is 10.5. The number of nitro benzene ring substituents is 1. The fourth-order valence-corrected chi connectivity index (χ4v) is 1.49. The lowest BCUT2D eigenvalue weighted by Gasteiger charge is -2.26. The first-order valence-electron chi connectivity index (χ1n) is 5.06. The number of hydrogen-bond donors (Lipinski definition) is 0. The average molecular weight is 218 g/mol. The van der Waals surface area contributed by atoms with Crippen LogP contribution in [0.2, 0.25) is 0 Å². The van der Waals surface area contributed by atoms with Crippen LogP contribution in [0.4, 0.5) is 5.69 Å². The van der Waals surface area contributed by atoms with Crippen molar-refractivity contribution in [3.63, 3.8) is 0 Å². The minimum Gasteiger partial charge on any atom is -0.489 e. The summed E-state index contributed by atoms with van der Waals surface area (Å²) in [7, 11) is 0. The Kier molecular flexibility index (Phi) is 2.73. The fraction of sp³-hybridized carbons (Fsp3) is 0.364. The Morgan fingerprint density at radius 1 is 1.50 bits per heavy atom. The molecule has 1 aliphatic carbocycles. The summed E-state index contributed by atoms with van der Waals surface area (Å²) < 4.78 is 5.56. The predicted octanol–water partition coefficient (Wildman–Crippen LogP) is 2.40. The van der Waals surface area contributed by atoms with Crippen LogP contribution in [0.25, 0.3) is 0 Å². The number of nitro groups is 1. The molecule has 0 atom stereocenters. The first-order chi connectivity index (χ1) is 7.70. The van der Waals surface area contributed by atoms with Gasteiger partial charge in [0.1, 0.15) is 17.4 Å². The number of nitrogens with zero attached hydrogens (tertiary/aromatic N) is 2. The van der Waals surface area contributed by atoms with Crippen molar-refractivity contribution in [2.45, 2.75) is 25.4 Å². The topological polar surface area (TPSA) is 76.2 Å². The first-order valence-corrected chi connectivity index (χ1v) is 5.06. The summed E-state index contributed by atoms with van der Waals surface area (Å²) in [4.78, 5) is 10.0. The van der Waals surface area contributed by atoms with E-state index in [0.717, 1.165) is 19.3 Å². The van der Waals surface area contributed by atoms with E-state index >= 15 is 0 Å². The van der Waals surface area contributed by atoms with Crippen LogP contribution in [0, 0.1) is 21.4 Å². The van der Waals surface area contributed by atoms with Crippen LogP contribution in [0.1, 0.15) is 24.8 Å². The molecule has 16 heavy (non-hydrogen) atoms. The van der Waals surface area contributed by atoms with E-state index in [-0.39, 0.29) is 17.4 Å². The van der Waals surface area contributed by atoms with Gasteiger partial charge in [-0.1, -0.05) is 0 Å². The highest BCUT2D eigenvalue weighted by atomic mass is 16.6. The van der Waals surface area contributed by atoms with Crippen LogP contribution in [-0.4, -0.2) is 11.0 Å². The van der Waals surface area contributed by atoms with Gasteiger partial charge >= 0.3 is 0 Å². The minimum atomic E-state index is -0.520. The van der Waals surface area contributed by atoms with Gasteiger partial charge in [-0.05, 0) is 25.3 Å². The second-order valence-corrected chi connectivity index (χ2v) is 3.72. The van der Waals surface area contributed by atoms with Gasteiger partial charge in [-0.15, -0.1) is 0 Å². The van der Waals surface area contributed by atoms with Gasteiger partial charge in [-0.2, -0.15) is 5.26 Å². The number of rotatable bonds is 3. The van der Waals surface area contributed by atoms with Gasteiger partial charge in [-0.3, -0.25) is 10.1 Å². The molecule has 0 bridgehead atoms. The van der Waals surface area contributed by atoms with Crippen LogP contribution in [0.3, 0.4) is 0 Å². The molecule has 0 amide bonds. The molecule has 5 heteroatoms. The van der Waals surface area contributed by atoms with Gasteiger partial charge in [0, 0.05) is 12.1 Å². The summed E-state index contributed by atoms with van der Waals surface area (Å²) in [6.07, 6.45) is 3.28. The van der Waals surface area contributed by atoms with E-state index in [1.54, 1.807) is 0 Å². The van der Waals surface area contributed by atoms with Crippen molar-refractivity contribution in [3.8, 4) is 11.8 Å². The molecule has 0 unspecified atom stereocenters. The molecule has 2 rings (SSSR count). The molecular weight excluding hydrogens is 208 g/mol. The molecule has 1 aliphatic rings. The lowest BCUT2D eigenvalue weighted by atomic mass is 9.96. The van der Waals surface area contributed by atoms with Crippen molar-refractivity contribution in [2.75, 3.05) is 0 Å². The summed E-state index contributed by atoms with van der Waals surface area (Å²) in [5, 5.41) is 19.4. The van der Waals surface area contributed by atoms with E-state index in [0.29, 0.717) is 5.75 Å². The Morgan fingerprint density at radius 2 is 2.25 bits per heavy atom. The van der Waals surface area contributed by atoms with Gasteiger partial charge in [0.15, 0.2) is 0 Å². The molecule has 1 aromatic rings. The van der Waals surface area contributed by atoms with Gasteiger partial charge in [0.2, 0.25) is 0 Å². The molecular formula is C11H10N2O3. The molecule has 1 aromatic carbocycles. The Labute approximate surface area is 92.4 Å². The molecule has 1 fully saturated rings. The molecule has 5 nitrogen and oxygen atoms in total. The molecule has 0 N–H and O–H groups in total.